The van der Waals surface area contributed by atoms with Gasteiger partial charge in [-0.15, -0.1) is 0 Å². The molecule has 1 aliphatic carbocycles. The molecule has 204 valence electrons. The van der Waals surface area contributed by atoms with Crippen LogP contribution in [0, 0.1) is 11.8 Å². The van der Waals surface area contributed by atoms with E-state index in [0.29, 0.717) is 55.3 Å². The van der Waals surface area contributed by atoms with Crippen LogP contribution in [0.3, 0.4) is 0 Å². The van der Waals surface area contributed by atoms with Crippen LogP contribution in [0.25, 0.3) is 0 Å². The van der Waals surface area contributed by atoms with Crippen LogP contribution < -0.4 is 15.0 Å². The van der Waals surface area contributed by atoms with Gasteiger partial charge in [0.15, 0.2) is 5.75 Å². The molecule has 2 aromatic rings. The van der Waals surface area contributed by atoms with Gasteiger partial charge in [0.2, 0.25) is 5.95 Å². The SMILES string of the molecule is CCOC(=O)CC1CCC(CN(CC)c2ccc(C(F)(F)F)cc2CNc2ncc(OCC)cn2)CC1. The molecule has 1 aromatic heterocycles. The molecule has 0 aliphatic heterocycles. The number of esters is 1. The Labute approximate surface area is 216 Å². The largest absolute Gasteiger partial charge is 0.491 e. The molecule has 37 heavy (non-hydrogen) atoms. The summed E-state index contributed by atoms with van der Waals surface area (Å²) >= 11 is 0. The summed E-state index contributed by atoms with van der Waals surface area (Å²) in [6, 6.07) is 3.91. The summed E-state index contributed by atoms with van der Waals surface area (Å²) in [4.78, 5) is 22.4. The molecule has 1 heterocycles. The second-order valence-corrected chi connectivity index (χ2v) is 9.30. The van der Waals surface area contributed by atoms with Crippen molar-refractivity contribution in [3.63, 3.8) is 0 Å². The number of anilines is 2. The van der Waals surface area contributed by atoms with Crippen LogP contribution in [0.5, 0.6) is 5.75 Å². The summed E-state index contributed by atoms with van der Waals surface area (Å²) in [6.45, 7) is 8.13. The number of carbonyl (C=O) groups excluding carboxylic acids is 1. The first-order chi connectivity index (χ1) is 17.7. The van der Waals surface area contributed by atoms with Gasteiger partial charge in [0.1, 0.15) is 0 Å². The molecule has 0 radical (unpaired) electrons. The number of rotatable bonds is 12. The Morgan fingerprint density at radius 2 is 1.73 bits per heavy atom. The van der Waals surface area contributed by atoms with Crippen molar-refractivity contribution in [1.29, 1.82) is 0 Å². The maximum absolute atomic E-state index is 13.5. The van der Waals surface area contributed by atoms with Crippen LogP contribution in [-0.4, -0.2) is 42.2 Å². The zero-order valence-corrected chi connectivity index (χ0v) is 21.8. The first kappa shape index (κ1) is 28.5. The van der Waals surface area contributed by atoms with Crippen molar-refractivity contribution < 1.29 is 27.4 Å². The van der Waals surface area contributed by atoms with Crippen molar-refractivity contribution >= 4 is 17.6 Å². The van der Waals surface area contributed by atoms with Crippen molar-refractivity contribution in [2.45, 2.75) is 65.6 Å². The molecule has 1 aromatic carbocycles. The van der Waals surface area contributed by atoms with Gasteiger partial charge in [0.25, 0.3) is 0 Å². The molecular weight excluding hydrogens is 485 g/mol. The van der Waals surface area contributed by atoms with E-state index in [1.807, 2.05) is 20.8 Å². The predicted molar refractivity (Wildman–Crippen MR) is 137 cm³/mol. The van der Waals surface area contributed by atoms with E-state index in [0.717, 1.165) is 44.0 Å². The molecule has 0 amide bonds. The van der Waals surface area contributed by atoms with Gasteiger partial charge in [-0.05, 0) is 82.1 Å². The standard InChI is InChI=1S/C27H37F3N4O3/c1-4-34(18-20-9-7-19(8-10-20)13-25(35)37-6-3)24-12-11-22(27(28,29)30)14-21(24)15-31-26-32-16-23(17-33-26)36-5-2/h11-12,14,16-17,19-20H,4-10,13,15,18H2,1-3H3,(H,31,32,33). The van der Waals surface area contributed by atoms with Crippen molar-refractivity contribution in [1.82, 2.24) is 9.97 Å². The van der Waals surface area contributed by atoms with Gasteiger partial charge in [0, 0.05) is 31.7 Å². The topological polar surface area (TPSA) is 76.6 Å². The molecule has 0 unspecified atom stereocenters. The molecular formula is C27H37F3N4O3. The average molecular weight is 523 g/mol. The number of halogens is 3. The van der Waals surface area contributed by atoms with Gasteiger partial charge >= 0.3 is 12.1 Å². The Bertz CT molecular complexity index is 993. The summed E-state index contributed by atoms with van der Waals surface area (Å²) in [7, 11) is 0. The normalized spacial score (nSPS) is 17.8. The summed E-state index contributed by atoms with van der Waals surface area (Å²) in [5, 5.41) is 3.05. The highest BCUT2D eigenvalue weighted by Gasteiger charge is 2.32. The number of carbonyl (C=O) groups is 1. The highest BCUT2D eigenvalue weighted by molar-refractivity contribution is 5.69. The number of hydrogen-bond donors (Lipinski definition) is 1. The van der Waals surface area contributed by atoms with E-state index in [-0.39, 0.29) is 12.5 Å². The number of alkyl halides is 3. The molecule has 1 saturated carbocycles. The zero-order chi connectivity index (χ0) is 26.8. The van der Waals surface area contributed by atoms with Crippen molar-refractivity contribution in [2.24, 2.45) is 11.8 Å². The maximum Gasteiger partial charge on any atom is 0.416 e. The molecule has 0 saturated heterocycles. The Morgan fingerprint density at radius 1 is 1.05 bits per heavy atom. The van der Waals surface area contributed by atoms with Crippen molar-refractivity contribution in [3.05, 3.63) is 41.7 Å². The minimum Gasteiger partial charge on any atom is -0.491 e. The molecule has 3 rings (SSSR count). The van der Waals surface area contributed by atoms with E-state index >= 15 is 0 Å². The number of hydrogen-bond acceptors (Lipinski definition) is 7. The number of nitrogens with zero attached hydrogens (tertiary/aromatic N) is 3. The minimum absolute atomic E-state index is 0.139. The van der Waals surface area contributed by atoms with Crippen LogP contribution in [0.15, 0.2) is 30.6 Å². The lowest BCUT2D eigenvalue weighted by Gasteiger charge is -2.34. The van der Waals surface area contributed by atoms with Gasteiger partial charge in [-0.2, -0.15) is 13.2 Å². The lowest BCUT2D eigenvalue weighted by molar-refractivity contribution is -0.144. The number of ether oxygens (including phenoxy) is 2. The summed E-state index contributed by atoms with van der Waals surface area (Å²) in [5.74, 6) is 1.46. The molecule has 0 spiro atoms. The summed E-state index contributed by atoms with van der Waals surface area (Å²) in [6.07, 6.45) is 2.96. The van der Waals surface area contributed by atoms with Gasteiger partial charge in [-0.3, -0.25) is 4.79 Å². The van der Waals surface area contributed by atoms with E-state index in [1.165, 1.54) is 18.5 Å². The highest BCUT2D eigenvalue weighted by atomic mass is 19.4. The molecule has 1 N–H and O–H groups in total. The van der Waals surface area contributed by atoms with Crippen LogP contribution in [0.2, 0.25) is 0 Å². The zero-order valence-electron chi connectivity index (χ0n) is 21.8. The van der Waals surface area contributed by atoms with Crippen LogP contribution in [0.4, 0.5) is 24.8 Å². The molecule has 0 bridgehead atoms. The van der Waals surface area contributed by atoms with E-state index in [4.69, 9.17) is 9.47 Å². The maximum atomic E-state index is 13.5. The first-order valence-corrected chi connectivity index (χ1v) is 13.0. The van der Waals surface area contributed by atoms with Gasteiger partial charge in [-0.1, -0.05) is 0 Å². The van der Waals surface area contributed by atoms with E-state index < -0.39 is 11.7 Å². The molecule has 1 aliphatic rings. The van der Waals surface area contributed by atoms with Gasteiger partial charge < -0.3 is 19.7 Å². The fourth-order valence-electron chi connectivity index (χ4n) is 4.82. The third-order valence-electron chi connectivity index (χ3n) is 6.71. The highest BCUT2D eigenvalue weighted by Crippen LogP contribution is 2.36. The third kappa shape index (κ3) is 8.50. The molecule has 0 atom stereocenters. The Hall–Kier alpha value is -3.04. The summed E-state index contributed by atoms with van der Waals surface area (Å²) < 4.78 is 50.9. The van der Waals surface area contributed by atoms with E-state index in [1.54, 1.807) is 6.07 Å². The van der Waals surface area contributed by atoms with Gasteiger partial charge in [0.05, 0.1) is 31.2 Å². The van der Waals surface area contributed by atoms with Crippen molar-refractivity contribution in [3.8, 4) is 5.75 Å². The second-order valence-electron chi connectivity index (χ2n) is 9.30. The fourth-order valence-corrected chi connectivity index (χ4v) is 4.82. The monoisotopic (exact) mass is 522 g/mol. The predicted octanol–water partition coefficient (Wildman–Crippen LogP) is 6.09. The lowest BCUT2D eigenvalue weighted by atomic mass is 9.80. The van der Waals surface area contributed by atoms with E-state index in [2.05, 4.69) is 20.2 Å². The molecule has 1 fully saturated rings. The van der Waals surface area contributed by atoms with Crippen LogP contribution in [0.1, 0.15) is 64.0 Å². The first-order valence-electron chi connectivity index (χ1n) is 13.0. The average Bonchev–Trinajstić information content (AvgIpc) is 2.87. The number of benzene rings is 1. The summed E-state index contributed by atoms with van der Waals surface area (Å²) in [5.41, 5.74) is 0.615. The quantitative estimate of drug-likeness (QED) is 0.338. The number of aromatic nitrogens is 2. The lowest BCUT2D eigenvalue weighted by Crippen LogP contribution is -2.33. The van der Waals surface area contributed by atoms with Crippen LogP contribution in [-0.2, 0) is 22.3 Å². The molecule has 7 nitrogen and oxygen atoms in total. The second kappa shape index (κ2) is 13.5. The van der Waals surface area contributed by atoms with Gasteiger partial charge in [-0.25, -0.2) is 9.97 Å². The smallest absolute Gasteiger partial charge is 0.416 e. The Kier molecular flexibility index (Phi) is 10.4. The number of nitrogens with one attached hydrogen (secondary N) is 1. The van der Waals surface area contributed by atoms with Crippen LogP contribution >= 0.6 is 0 Å². The molecule has 10 heteroatoms. The third-order valence-corrected chi connectivity index (χ3v) is 6.71. The Morgan fingerprint density at radius 3 is 2.32 bits per heavy atom. The van der Waals surface area contributed by atoms with E-state index in [9.17, 15) is 18.0 Å². The Balaban J connectivity index is 1.70. The fraction of sp³-hybridized carbons (Fsp3) is 0.593. The van der Waals surface area contributed by atoms with Crippen molar-refractivity contribution in [2.75, 3.05) is 36.5 Å². The minimum atomic E-state index is -4.43.